The van der Waals surface area contributed by atoms with Crippen LogP contribution in [0.3, 0.4) is 0 Å². The van der Waals surface area contributed by atoms with Crippen LogP contribution in [0, 0.1) is 6.92 Å². The molecule has 1 heterocycles. The van der Waals surface area contributed by atoms with Gasteiger partial charge in [0.25, 0.3) is 5.56 Å². The van der Waals surface area contributed by atoms with E-state index in [0.717, 1.165) is 16.7 Å². The first-order valence-electron chi connectivity index (χ1n) is 11.1. The maximum atomic E-state index is 12.4. The molecule has 8 nitrogen and oxygen atoms in total. The van der Waals surface area contributed by atoms with E-state index in [1.165, 1.54) is 6.07 Å². The third-order valence-corrected chi connectivity index (χ3v) is 4.99. The molecule has 8 heteroatoms. The average molecular weight is 471 g/mol. The van der Waals surface area contributed by atoms with Gasteiger partial charge in [-0.1, -0.05) is 60.7 Å². The molecular formula is C27H26N4O4. The highest BCUT2D eigenvalue weighted by atomic mass is 16.5. The number of rotatable bonds is 9. The summed E-state index contributed by atoms with van der Waals surface area (Å²) in [4.78, 5) is 30.5. The van der Waals surface area contributed by atoms with Crippen molar-refractivity contribution in [3.8, 4) is 11.5 Å². The fourth-order valence-electron chi connectivity index (χ4n) is 3.35. The SMILES string of the molecule is Cc1cc(=O)[nH]c(NC(=O)NCc2cc(OCc3ccccc3)cc(OCc3ccccc3)c2)n1. The summed E-state index contributed by atoms with van der Waals surface area (Å²) in [5.74, 6) is 1.34. The van der Waals surface area contributed by atoms with Crippen molar-refractivity contribution in [2.24, 2.45) is 0 Å². The minimum atomic E-state index is -0.499. The number of H-pyrrole nitrogens is 1. The summed E-state index contributed by atoms with van der Waals surface area (Å²) in [7, 11) is 0. The molecule has 2 amide bonds. The van der Waals surface area contributed by atoms with Gasteiger partial charge >= 0.3 is 6.03 Å². The number of hydrogen-bond donors (Lipinski definition) is 3. The van der Waals surface area contributed by atoms with Gasteiger partial charge in [-0.05, 0) is 35.7 Å². The number of nitrogens with one attached hydrogen (secondary N) is 3. The molecule has 0 radical (unpaired) electrons. The number of ether oxygens (including phenoxy) is 2. The van der Waals surface area contributed by atoms with Gasteiger partial charge in [-0.15, -0.1) is 0 Å². The normalized spacial score (nSPS) is 10.4. The molecule has 0 aliphatic rings. The lowest BCUT2D eigenvalue weighted by Crippen LogP contribution is -2.30. The minimum absolute atomic E-state index is 0.0827. The Morgan fingerprint density at radius 3 is 1.94 bits per heavy atom. The smallest absolute Gasteiger partial charge is 0.321 e. The summed E-state index contributed by atoms with van der Waals surface area (Å²) in [6, 6.07) is 26.1. The Bertz CT molecular complexity index is 1260. The first kappa shape index (κ1) is 23.6. The summed E-state index contributed by atoms with van der Waals surface area (Å²) in [6.07, 6.45) is 0. The minimum Gasteiger partial charge on any atom is -0.489 e. The third kappa shape index (κ3) is 7.46. The Labute approximate surface area is 203 Å². The van der Waals surface area contributed by atoms with Crippen molar-refractivity contribution in [3.63, 3.8) is 0 Å². The monoisotopic (exact) mass is 470 g/mol. The molecule has 4 aromatic rings. The molecule has 3 aromatic carbocycles. The molecule has 0 atom stereocenters. The van der Waals surface area contributed by atoms with Crippen LogP contribution >= 0.6 is 0 Å². The molecule has 0 bridgehead atoms. The fourth-order valence-corrected chi connectivity index (χ4v) is 3.35. The molecular weight excluding hydrogens is 444 g/mol. The van der Waals surface area contributed by atoms with E-state index in [1.54, 1.807) is 6.92 Å². The van der Waals surface area contributed by atoms with E-state index in [1.807, 2.05) is 78.9 Å². The molecule has 178 valence electrons. The lowest BCUT2D eigenvalue weighted by atomic mass is 10.2. The van der Waals surface area contributed by atoms with Gasteiger partial charge in [0.2, 0.25) is 5.95 Å². The highest BCUT2D eigenvalue weighted by Crippen LogP contribution is 2.25. The lowest BCUT2D eigenvalue weighted by Gasteiger charge is -2.13. The third-order valence-electron chi connectivity index (χ3n) is 4.99. The van der Waals surface area contributed by atoms with Crippen LogP contribution in [0.2, 0.25) is 0 Å². The number of benzene rings is 3. The number of anilines is 1. The van der Waals surface area contributed by atoms with Gasteiger partial charge in [0, 0.05) is 24.4 Å². The molecule has 1 aromatic heterocycles. The largest absolute Gasteiger partial charge is 0.489 e. The van der Waals surface area contributed by atoms with E-state index in [2.05, 4.69) is 20.6 Å². The average Bonchev–Trinajstić information content (AvgIpc) is 2.86. The van der Waals surface area contributed by atoms with E-state index in [-0.39, 0.29) is 18.1 Å². The van der Waals surface area contributed by atoms with Gasteiger partial charge in [-0.3, -0.25) is 15.1 Å². The fraction of sp³-hybridized carbons (Fsp3) is 0.148. The molecule has 0 fully saturated rings. The summed E-state index contributed by atoms with van der Waals surface area (Å²) < 4.78 is 12.0. The van der Waals surface area contributed by atoms with E-state index in [0.29, 0.717) is 30.4 Å². The topological polar surface area (TPSA) is 105 Å². The van der Waals surface area contributed by atoms with Crippen LogP contribution in [-0.2, 0) is 19.8 Å². The van der Waals surface area contributed by atoms with Crippen LogP contribution in [0.5, 0.6) is 11.5 Å². The van der Waals surface area contributed by atoms with Gasteiger partial charge in [0.15, 0.2) is 0 Å². The van der Waals surface area contributed by atoms with Crippen molar-refractivity contribution in [1.29, 1.82) is 0 Å². The number of aryl methyl sites for hydroxylation is 1. The second kappa shape index (κ2) is 11.5. The van der Waals surface area contributed by atoms with Crippen molar-refractivity contribution in [3.05, 3.63) is 118 Å². The zero-order valence-electron chi connectivity index (χ0n) is 19.3. The number of nitrogens with zero attached hydrogens (tertiary/aromatic N) is 1. The molecule has 4 rings (SSSR count). The highest BCUT2D eigenvalue weighted by Gasteiger charge is 2.08. The number of urea groups is 1. The van der Waals surface area contributed by atoms with Crippen LogP contribution in [0.1, 0.15) is 22.4 Å². The molecule has 3 N–H and O–H groups in total. The van der Waals surface area contributed by atoms with E-state index >= 15 is 0 Å². The second-order valence-corrected chi connectivity index (χ2v) is 7.90. The Kier molecular flexibility index (Phi) is 7.75. The van der Waals surface area contributed by atoms with Crippen LogP contribution in [0.25, 0.3) is 0 Å². The van der Waals surface area contributed by atoms with Gasteiger partial charge in [-0.2, -0.15) is 0 Å². The zero-order valence-corrected chi connectivity index (χ0v) is 19.3. The standard InChI is InChI=1S/C27H26N4O4/c1-19-12-25(32)30-26(29-19)31-27(33)28-16-22-13-23(34-17-20-8-4-2-5-9-20)15-24(14-22)35-18-21-10-6-3-7-11-21/h2-15H,16-18H2,1H3,(H3,28,29,30,31,32,33). The molecule has 0 saturated carbocycles. The van der Waals surface area contributed by atoms with Crippen molar-refractivity contribution in [2.75, 3.05) is 5.32 Å². The Balaban J connectivity index is 1.44. The number of hydrogen-bond acceptors (Lipinski definition) is 5. The second-order valence-electron chi connectivity index (χ2n) is 7.90. The van der Waals surface area contributed by atoms with Crippen molar-refractivity contribution in [1.82, 2.24) is 15.3 Å². The predicted octanol–water partition coefficient (Wildman–Crippen LogP) is 4.56. The van der Waals surface area contributed by atoms with Gasteiger partial charge in [0.05, 0.1) is 0 Å². The Morgan fingerprint density at radius 1 is 0.829 bits per heavy atom. The summed E-state index contributed by atoms with van der Waals surface area (Å²) >= 11 is 0. The van der Waals surface area contributed by atoms with Gasteiger partial charge in [-0.25, -0.2) is 9.78 Å². The van der Waals surface area contributed by atoms with Gasteiger partial charge in [0.1, 0.15) is 24.7 Å². The number of amides is 2. The molecule has 0 unspecified atom stereocenters. The maximum absolute atomic E-state index is 12.4. The quantitative estimate of drug-likeness (QED) is 0.333. The number of carbonyl (C=O) groups excluding carboxylic acids is 1. The molecule has 0 spiro atoms. The molecule has 35 heavy (non-hydrogen) atoms. The van der Waals surface area contributed by atoms with E-state index < -0.39 is 6.03 Å². The van der Waals surface area contributed by atoms with Crippen molar-refractivity contribution < 1.29 is 14.3 Å². The van der Waals surface area contributed by atoms with E-state index in [4.69, 9.17) is 9.47 Å². The summed E-state index contributed by atoms with van der Waals surface area (Å²) in [5.41, 5.74) is 3.05. The highest BCUT2D eigenvalue weighted by molar-refractivity contribution is 5.87. The number of carbonyl (C=O) groups is 1. The molecule has 0 aliphatic carbocycles. The number of aromatic amines is 1. The molecule has 0 saturated heterocycles. The molecule has 0 aliphatic heterocycles. The first-order chi connectivity index (χ1) is 17.0. The summed E-state index contributed by atoms with van der Waals surface area (Å²) in [5, 5.41) is 5.30. The van der Waals surface area contributed by atoms with Crippen LogP contribution < -0.4 is 25.7 Å². The number of aromatic nitrogens is 2. The maximum Gasteiger partial charge on any atom is 0.321 e. The Hall–Kier alpha value is -4.59. The van der Waals surface area contributed by atoms with Crippen LogP contribution in [0.4, 0.5) is 10.7 Å². The zero-order chi connectivity index (χ0) is 24.5. The predicted molar refractivity (Wildman–Crippen MR) is 133 cm³/mol. The van der Waals surface area contributed by atoms with E-state index in [9.17, 15) is 9.59 Å². The van der Waals surface area contributed by atoms with Crippen LogP contribution in [-0.4, -0.2) is 16.0 Å². The Morgan fingerprint density at radius 2 is 1.40 bits per heavy atom. The van der Waals surface area contributed by atoms with Crippen molar-refractivity contribution >= 4 is 12.0 Å². The van der Waals surface area contributed by atoms with Gasteiger partial charge < -0.3 is 14.8 Å². The van der Waals surface area contributed by atoms with Crippen LogP contribution in [0.15, 0.2) is 89.7 Å². The first-order valence-corrected chi connectivity index (χ1v) is 11.1. The van der Waals surface area contributed by atoms with Crippen molar-refractivity contribution in [2.45, 2.75) is 26.7 Å². The lowest BCUT2D eigenvalue weighted by molar-refractivity contribution is 0.251. The summed E-state index contributed by atoms with van der Waals surface area (Å²) in [6.45, 7) is 2.70.